The maximum atomic E-state index is 12.0. The van der Waals surface area contributed by atoms with Crippen molar-refractivity contribution in [2.75, 3.05) is 7.05 Å². The average Bonchev–Trinajstić information content (AvgIpc) is 2.73. The summed E-state index contributed by atoms with van der Waals surface area (Å²) in [5.74, 6) is -0.0954. The number of aryl methyl sites for hydroxylation is 1. The largest absolute Gasteiger partial charge is 0.409 e. The molecule has 1 unspecified atom stereocenters. The molecule has 0 aliphatic carbocycles. The summed E-state index contributed by atoms with van der Waals surface area (Å²) >= 11 is 0. The minimum atomic E-state index is -0.191. The molecule has 0 aliphatic heterocycles. The van der Waals surface area contributed by atoms with Crippen LogP contribution in [0.15, 0.2) is 17.7 Å². The van der Waals surface area contributed by atoms with Gasteiger partial charge in [-0.15, -0.1) is 0 Å². The highest BCUT2D eigenvalue weighted by atomic mass is 16.4. The smallest absolute Gasteiger partial charge is 0.274 e. The van der Waals surface area contributed by atoms with Crippen molar-refractivity contribution in [3.8, 4) is 0 Å². The van der Waals surface area contributed by atoms with Gasteiger partial charge in [0.1, 0.15) is 11.5 Å². The van der Waals surface area contributed by atoms with E-state index in [1.807, 2.05) is 6.92 Å². The summed E-state index contributed by atoms with van der Waals surface area (Å²) in [4.78, 5) is 17.5. The summed E-state index contributed by atoms with van der Waals surface area (Å²) in [5.41, 5.74) is 5.77. The highest BCUT2D eigenvalue weighted by Gasteiger charge is 2.20. The van der Waals surface area contributed by atoms with Crippen LogP contribution in [-0.2, 0) is 7.05 Å². The minimum Gasteiger partial charge on any atom is -0.409 e. The van der Waals surface area contributed by atoms with E-state index < -0.39 is 0 Å². The Hall–Kier alpha value is -2.05. The molecule has 7 nitrogen and oxygen atoms in total. The number of amides is 1. The van der Waals surface area contributed by atoms with Crippen LogP contribution in [0.25, 0.3) is 0 Å². The van der Waals surface area contributed by atoms with Crippen LogP contribution in [-0.4, -0.2) is 44.5 Å². The zero-order valence-electron chi connectivity index (χ0n) is 10.2. The Morgan fingerprint density at radius 1 is 1.76 bits per heavy atom. The lowest BCUT2D eigenvalue weighted by molar-refractivity contribution is 0.0741. The molecule has 17 heavy (non-hydrogen) atoms. The number of imidazole rings is 1. The van der Waals surface area contributed by atoms with Gasteiger partial charge < -0.3 is 20.4 Å². The molecule has 7 heteroatoms. The van der Waals surface area contributed by atoms with E-state index in [9.17, 15) is 4.79 Å². The molecular weight excluding hydrogens is 222 g/mol. The lowest BCUT2D eigenvalue weighted by Gasteiger charge is -2.23. The number of nitrogens with two attached hydrogens (primary N) is 1. The maximum absolute atomic E-state index is 12.0. The van der Waals surface area contributed by atoms with Gasteiger partial charge >= 0.3 is 0 Å². The molecule has 0 bridgehead atoms. The van der Waals surface area contributed by atoms with Crippen molar-refractivity contribution < 1.29 is 10.0 Å². The first-order valence-corrected chi connectivity index (χ1v) is 5.17. The van der Waals surface area contributed by atoms with Gasteiger partial charge in [-0.1, -0.05) is 5.16 Å². The molecule has 0 aliphatic rings. The van der Waals surface area contributed by atoms with Gasteiger partial charge in [-0.05, 0) is 6.92 Å². The van der Waals surface area contributed by atoms with E-state index in [4.69, 9.17) is 10.9 Å². The molecule has 1 amide bonds. The lowest BCUT2D eigenvalue weighted by atomic mass is 10.2. The van der Waals surface area contributed by atoms with Gasteiger partial charge in [0, 0.05) is 32.8 Å². The number of carbonyl (C=O) groups is 1. The van der Waals surface area contributed by atoms with Gasteiger partial charge in [0.15, 0.2) is 0 Å². The Morgan fingerprint density at radius 3 is 2.88 bits per heavy atom. The van der Waals surface area contributed by atoms with Crippen molar-refractivity contribution in [1.82, 2.24) is 14.5 Å². The summed E-state index contributed by atoms with van der Waals surface area (Å²) < 4.78 is 1.70. The zero-order chi connectivity index (χ0) is 13.0. The third kappa shape index (κ3) is 3.20. The number of nitrogens with zero attached hydrogens (tertiary/aromatic N) is 4. The summed E-state index contributed by atoms with van der Waals surface area (Å²) in [6.45, 7) is 1.82. The molecule has 3 N–H and O–H groups in total. The van der Waals surface area contributed by atoms with Crippen molar-refractivity contribution in [1.29, 1.82) is 0 Å². The molecule has 1 aromatic heterocycles. The summed E-state index contributed by atoms with van der Waals surface area (Å²) in [6, 6.07) is -0.166. The summed E-state index contributed by atoms with van der Waals surface area (Å²) in [5, 5.41) is 11.4. The third-order valence-corrected chi connectivity index (χ3v) is 2.54. The fourth-order valence-electron chi connectivity index (χ4n) is 1.38. The number of hydrogen-bond donors (Lipinski definition) is 2. The quantitative estimate of drug-likeness (QED) is 0.335. The number of hydrogen-bond acceptors (Lipinski definition) is 4. The molecule has 94 valence electrons. The van der Waals surface area contributed by atoms with Gasteiger partial charge in [-0.2, -0.15) is 0 Å². The highest BCUT2D eigenvalue weighted by Crippen LogP contribution is 2.06. The van der Waals surface area contributed by atoms with Gasteiger partial charge in [0.25, 0.3) is 5.91 Å². The molecule has 0 aromatic carbocycles. The van der Waals surface area contributed by atoms with Crippen LogP contribution in [0.1, 0.15) is 23.8 Å². The Kier molecular flexibility index (Phi) is 4.08. The first kappa shape index (κ1) is 13.0. The van der Waals surface area contributed by atoms with Crippen LogP contribution in [0.2, 0.25) is 0 Å². The second-order valence-electron chi connectivity index (χ2n) is 3.98. The molecule has 1 heterocycles. The molecular formula is C10H17N5O2. The number of aromatic nitrogens is 2. The number of oxime groups is 1. The van der Waals surface area contributed by atoms with E-state index in [1.54, 1.807) is 31.2 Å². The number of amidine groups is 1. The first-order chi connectivity index (χ1) is 7.95. The minimum absolute atomic E-state index is 0.0955. The molecule has 0 saturated heterocycles. The van der Waals surface area contributed by atoms with Crippen LogP contribution in [0.3, 0.4) is 0 Å². The van der Waals surface area contributed by atoms with Crippen molar-refractivity contribution in [3.63, 3.8) is 0 Å². The van der Waals surface area contributed by atoms with Crippen LogP contribution >= 0.6 is 0 Å². The maximum Gasteiger partial charge on any atom is 0.274 e. The molecule has 0 spiro atoms. The molecule has 0 fully saturated rings. The van der Waals surface area contributed by atoms with E-state index in [0.717, 1.165) is 0 Å². The summed E-state index contributed by atoms with van der Waals surface area (Å²) in [7, 11) is 3.45. The molecule has 1 atom stereocenters. The normalized spacial score (nSPS) is 13.5. The van der Waals surface area contributed by atoms with Gasteiger partial charge in [0.05, 0.1) is 6.33 Å². The SMILES string of the molecule is CC(CC(N)=NO)N(C)C(=O)c1cn(C)cn1. The van der Waals surface area contributed by atoms with Crippen LogP contribution < -0.4 is 5.73 Å². The molecule has 1 rings (SSSR count). The Balaban J connectivity index is 2.69. The first-order valence-electron chi connectivity index (χ1n) is 5.17. The van der Waals surface area contributed by atoms with E-state index in [1.165, 1.54) is 4.90 Å². The topological polar surface area (TPSA) is 96.7 Å². The predicted octanol–water partition coefficient (Wildman–Crippen LogP) is 0.0171. The van der Waals surface area contributed by atoms with E-state index in [2.05, 4.69) is 10.1 Å². The van der Waals surface area contributed by atoms with Gasteiger partial charge in [0.2, 0.25) is 0 Å². The van der Waals surface area contributed by atoms with Crippen molar-refractivity contribution in [3.05, 3.63) is 18.2 Å². The fourth-order valence-corrected chi connectivity index (χ4v) is 1.38. The molecule has 0 saturated carbocycles. The standard InChI is InChI=1S/C10H17N5O2/c1-7(4-9(11)13-17)15(3)10(16)8-5-14(2)6-12-8/h5-7,17H,4H2,1-3H3,(H2,11,13). The average molecular weight is 239 g/mol. The van der Waals surface area contributed by atoms with Crippen molar-refractivity contribution in [2.24, 2.45) is 17.9 Å². The monoisotopic (exact) mass is 239 g/mol. The Labute approximate surface area is 99.5 Å². The third-order valence-electron chi connectivity index (χ3n) is 2.54. The van der Waals surface area contributed by atoms with Crippen LogP contribution in [0.5, 0.6) is 0 Å². The van der Waals surface area contributed by atoms with E-state index in [0.29, 0.717) is 12.1 Å². The fraction of sp³-hybridized carbons (Fsp3) is 0.500. The molecule has 0 radical (unpaired) electrons. The number of carbonyl (C=O) groups excluding carboxylic acids is 1. The van der Waals surface area contributed by atoms with Gasteiger partial charge in [-0.3, -0.25) is 4.79 Å². The zero-order valence-corrected chi connectivity index (χ0v) is 10.2. The summed E-state index contributed by atoms with van der Waals surface area (Å²) in [6.07, 6.45) is 3.52. The second-order valence-corrected chi connectivity index (χ2v) is 3.98. The van der Waals surface area contributed by atoms with Crippen LogP contribution in [0.4, 0.5) is 0 Å². The van der Waals surface area contributed by atoms with E-state index in [-0.39, 0.29) is 17.8 Å². The van der Waals surface area contributed by atoms with Crippen molar-refractivity contribution in [2.45, 2.75) is 19.4 Å². The van der Waals surface area contributed by atoms with Gasteiger partial charge in [-0.25, -0.2) is 4.98 Å². The Bertz CT molecular complexity index is 426. The van der Waals surface area contributed by atoms with Crippen LogP contribution in [0, 0.1) is 0 Å². The molecule has 1 aromatic rings. The van der Waals surface area contributed by atoms with E-state index >= 15 is 0 Å². The lowest BCUT2D eigenvalue weighted by Crippen LogP contribution is -2.38. The predicted molar refractivity (Wildman–Crippen MR) is 62.8 cm³/mol. The van der Waals surface area contributed by atoms with Crippen molar-refractivity contribution >= 4 is 11.7 Å². The number of rotatable bonds is 4. The Morgan fingerprint density at radius 2 is 2.41 bits per heavy atom. The second kappa shape index (κ2) is 5.33. The highest BCUT2D eigenvalue weighted by molar-refractivity contribution is 5.92.